The van der Waals surface area contributed by atoms with Gasteiger partial charge in [0.05, 0.1) is 10.4 Å². The highest BCUT2D eigenvalue weighted by atomic mass is 35.5. The molecule has 26 heavy (non-hydrogen) atoms. The molecule has 0 saturated heterocycles. The highest BCUT2D eigenvalue weighted by Gasteiger charge is 2.37. The normalized spacial score (nSPS) is 12.5. The molecule has 3 aromatic rings. The van der Waals surface area contributed by atoms with E-state index in [4.69, 9.17) is 11.6 Å². The van der Waals surface area contributed by atoms with Crippen LogP contribution in [0, 0.1) is 0 Å². The van der Waals surface area contributed by atoms with E-state index in [1.165, 1.54) is 6.07 Å². The van der Waals surface area contributed by atoms with E-state index in [0.717, 1.165) is 11.3 Å². The molecule has 0 saturated carbocycles. The maximum Gasteiger partial charge on any atom is 0.339 e. The molecule has 4 rings (SSSR count). The zero-order chi connectivity index (χ0) is 18.4. The third-order valence-corrected chi connectivity index (χ3v) is 5.43. The summed E-state index contributed by atoms with van der Waals surface area (Å²) in [6, 6.07) is 13.1. The number of aromatic carboxylic acids is 1. The van der Waals surface area contributed by atoms with E-state index < -0.39 is 11.8 Å². The standard InChI is InChI=1S/C19H10ClNO4S/c20-9-5-7-10(8-6-9)21-18-14(19(24)25)13-15(22)11-3-1-2-4-12(11)16(23)17(13)26-18/h1-8,21H,(H,24,25). The third-order valence-electron chi connectivity index (χ3n) is 4.07. The van der Waals surface area contributed by atoms with Gasteiger partial charge in [-0.15, -0.1) is 11.3 Å². The van der Waals surface area contributed by atoms with E-state index in [2.05, 4.69) is 5.32 Å². The van der Waals surface area contributed by atoms with Crippen molar-refractivity contribution in [1.29, 1.82) is 0 Å². The van der Waals surface area contributed by atoms with Crippen molar-refractivity contribution in [2.75, 3.05) is 5.32 Å². The molecule has 0 radical (unpaired) electrons. The summed E-state index contributed by atoms with van der Waals surface area (Å²) in [5.41, 5.74) is 0.882. The van der Waals surface area contributed by atoms with Gasteiger partial charge in [-0.1, -0.05) is 35.9 Å². The molecule has 0 bridgehead atoms. The molecule has 0 atom stereocenters. The Labute approximate surface area is 156 Å². The number of hydrogen-bond acceptors (Lipinski definition) is 5. The van der Waals surface area contributed by atoms with Crippen LogP contribution in [-0.2, 0) is 0 Å². The molecule has 1 heterocycles. The summed E-state index contributed by atoms with van der Waals surface area (Å²) in [6.07, 6.45) is 0. The monoisotopic (exact) mass is 383 g/mol. The van der Waals surface area contributed by atoms with Crippen molar-refractivity contribution in [2.24, 2.45) is 0 Å². The minimum Gasteiger partial charge on any atom is -0.478 e. The predicted octanol–water partition coefficient (Wildman–Crippen LogP) is 4.62. The Morgan fingerprint density at radius 2 is 1.58 bits per heavy atom. The number of benzene rings is 2. The van der Waals surface area contributed by atoms with Crippen molar-refractivity contribution in [3.05, 3.63) is 80.7 Å². The van der Waals surface area contributed by atoms with E-state index in [1.54, 1.807) is 42.5 Å². The van der Waals surface area contributed by atoms with Gasteiger partial charge in [-0.05, 0) is 24.3 Å². The van der Waals surface area contributed by atoms with Gasteiger partial charge in [-0.3, -0.25) is 9.59 Å². The lowest BCUT2D eigenvalue weighted by Crippen LogP contribution is -2.21. The van der Waals surface area contributed by atoms with E-state index in [1.807, 2.05) is 0 Å². The second kappa shape index (κ2) is 6.09. The first-order valence-electron chi connectivity index (χ1n) is 7.58. The second-order valence-electron chi connectivity index (χ2n) is 5.65. The van der Waals surface area contributed by atoms with Gasteiger partial charge in [0.1, 0.15) is 10.6 Å². The van der Waals surface area contributed by atoms with Crippen LogP contribution in [0.3, 0.4) is 0 Å². The lowest BCUT2D eigenvalue weighted by molar-refractivity contribution is 0.0694. The Balaban J connectivity index is 1.88. The van der Waals surface area contributed by atoms with Crippen molar-refractivity contribution >= 4 is 51.2 Å². The van der Waals surface area contributed by atoms with E-state index in [9.17, 15) is 19.5 Å². The molecule has 1 aromatic heterocycles. The largest absolute Gasteiger partial charge is 0.478 e. The summed E-state index contributed by atoms with van der Waals surface area (Å²) < 4.78 is 0. The number of carbonyl (C=O) groups is 3. The van der Waals surface area contributed by atoms with E-state index in [0.29, 0.717) is 16.3 Å². The number of hydrogen-bond donors (Lipinski definition) is 2. The van der Waals surface area contributed by atoms with E-state index in [-0.39, 0.29) is 32.4 Å². The number of carboxylic acid groups (broad SMARTS) is 1. The summed E-state index contributed by atoms with van der Waals surface area (Å²) in [5, 5.41) is 13.4. The minimum absolute atomic E-state index is 0.0531. The molecule has 7 heteroatoms. The van der Waals surface area contributed by atoms with Crippen LogP contribution < -0.4 is 5.32 Å². The van der Waals surface area contributed by atoms with Gasteiger partial charge in [0.2, 0.25) is 5.78 Å². The quantitative estimate of drug-likeness (QED) is 0.539. The summed E-state index contributed by atoms with van der Waals surface area (Å²) in [5.74, 6) is -2.06. The Hall–Kier alpha value is -2.96. The lowest BCUT2D eigenvalue weighted by Gasteiger charge is -2.14. The van der Waals surface area contributed by atoms with Crippen molar-refractivity contribution in [1.82, 2.24) is 0 Å². The third kappa shape index (κ3) is 2.51. The molecule has 128 valence electrons. The summed E-state index contributed by atoms with van der Waals surface area (Å²) in [4.78, 5) is 37.6. The Morgan fingerprint density at radius 1 is 0.962 bits per heavy atom. The lowest BCUT2D eigenvalue weighted by atomic mass is 9.87. The number of carbonyl (C=O) groups excluding carboxylic acids is 2. The van der Waals surface area contributed by atoms with Crippen LogP contribution in [0.5, 0.6) is 0 Å². The maximum atomic E-state index is 12.8. The van der Waals surface area contributed by atoms with Gasteiger partial charge >= 0.3 is 5.97 Å². The molecule has 0 amide bonds. The molecule has 0 unspecified atom stereocenters. The summed E-state index contributed by atoms with van der Waals surface area (Å²) in [7, 11) is 0. The van der Waals surface area contributed by atoms with Gasteiger partial charge < -0.3 is 10.4 Å². The van der Waals surface area contributed by atoms with Crippen LogP contribution in [0.1, 0.15) is 41.5 Å². The number of fused-ring (bicyclic) bond motifs is 2. The molecule has 5 nitrogen and oxygen atoms in total. The number of anilines is 2. The minimum atomic E-state index is -1.26. The number of ketones is 2. The Morgan fingerprint density at radius 3 is 2.19 bits per heavy atom. The van der Waals surface area contributed by atoms with Crippen LogP contribution in [0.25, 0.3) is 0 Å². The molecule has 0 fully saturated rings. The molecule has 2 aromatic carbocycles. The zero-order valence-electron chi connectivity index (χ0n) is 13.1. The van der Waals surface area contributed by atoms with Crippen LogP contribution in [0.15, 0.2) is 48.5 Å². The fourth-order valence-electron chi connectivity index (χ4n) is 2.90. The zero-order valence-corrected chi connectivity index (χ0v) is 14.6. The van der Waals surface area contributed by atoms with Gasteiger partial charge in [-0.25, -0.2) is 4.79 Å². The molecule has 1 aliphatic rings. The van der Waals surface area contributed by atoms with Crippen LogP contribution >= 0.6 is 22.9 Å². The van der Waals surface area contributed by atoms with Crippen LogP contribution in [0.2, 0.25) is 5.02 Å². The van der Waals surface area contributed by atoms with Crippen LogP contribution in [0.4, 0.5) is 10.7 Å². The smallest absolute Gasteiger partial charge is 0.339 e. The highest BCUT2D eigenvalue weighted by Crippen LogP contribution is 2.41. The fourth-order valence-corrected chi connectivity index (χ4v) is 4.19. The van der Waals surface area contributed by atoms with Crippen molar-refractivity contribution in [3.8, 4) is 0 Å². The van der Waals surface area contributed by atoms with Crippen molar-refractivity contribution in [2.45, 2.75) is 0 Å². The average molecular weight is 384 g/mol. The Bertz CT molecular complexity index is 1090. The molecule has 1 aliphatic carbocycles. The number of halogens is 1. The first kappa shape index (κ1) is 16.5. The predicted molar refractivity (Wildman–Crippen MR) is 99.3 cm³/mol. The number of rotatable bonds is 3. The molecule has 0 spiro atoms. The first-order valence-corrected chi connectivity index (χ1v) is 8.78. The first-order chi connectivity index (χ1) is 12.5. The summed E-state index contributed by atoms with van der Waals surface area (Å²) in [6.45, 7) is 0. The number of nitrogens with one attached hydrogen (secondary N) is 1. The van der Waals surface area contributed by atoms with Crippen LogP contribution in [-0.4, -0.2) is 22.6 Å². The van der Waals surface area contributed by atoms with Gasteiger partial charge in [0.25, 0.3) is 0 Å². The second-order valence-corrected chi connectivity index (χ2v) is 7.11. The van der Waals surface area contributed by atoms with Gasteiger partial charge in [-0.2, -0.15) is 0 Å². The van der Waals surface area contributed by atoms with Crippen molar-refractivity contribution in [3.63, 3.8) is 0 Å². The number of thiophene rings is 1. The molecular formula is C19H10ClNO4S. The SMILES string of the molecule is O=C1c2ccccc2C(=O)c2c1sc(Nc1ccc(Cl)cc1)c2C(=O)O. The summed E-state index contributed by atoms with van der Waals surface area (Å²) >= 11 is 6.83. The van der Waals surface area contributed by atoms with Gasteiger partial charge in [0, 0.05) is 21.8 Å². The van der Waals surface area contributed by atoms with E-state index >= 15 is 0 Å². The van der Waals surface area contributed by atoms with Crippen molar-refractivity contribution < 1.29 is 19.5 Å². The average Bonchev–Trinajstić information content (AvgIpc) is 3.01. The Kier molecular flexibility index (Phi) is 3.86. The number of carboxylic acids is 1. The fraction of sp³-hybridized carbons (Fsp3) is 0. The topological polar surface area (TPSA) is 83.5 Å². The maximum absolute atomic E-state index is 12.8. The molecule has 0 aliphatic heterocycles. The van der Waals surface area contributed by atoms with Gasteiger partial charge in [0.15, 0.2) is 5.78 Å². The molecular weight excluding hydrogens is 374 g/mol. The molecule has 2 N–H and O–H groups in total. The highest BCUT2D eigenvalue weighted by molar-refractivity contribution is 7.19.